The number of nitrogens with zero attached hydrogens (tertiary/aromatic N) is 3. The van der Waals surface area contributed by atoms with Gasteiger partial charge in [0.15, 0.2) is 0 Å². The largest absolute Gasteiger partial charge is 0.304 e. The quantitative estimate of drug-likeness (QED) is 0.848. The van der Waals surface area contributed by atoms with E-state index in [0.29, 0.717) is 6.04 Å². The Morgan fingerprint density at radius 3 is 2.67 bits per heavy atom. The second kappa shape index (κ2) is 6.61. The number of hydrogen-bond donors (Lipinski definition) is 0. The molecular formula is C16H23ClFN3. The van der Waals surface area contributed by atoms with Gasteiger partial charge >= 0.3 is 0 Å². The van der Waals surface area contributed by atoms with E-state index in [1.54, 1.807) is 12.1 Å². The van der Waals surface area contributed by atoms with Gasteiger partial charge in [-0.25, -0.2) is 4.39 Å². The van der Waals surface area contributed by atoms with Gasteiger partial charge < -0.3 is 4.90 Å². The molecule has 1 aromatic carbocycles. The summed E-state index contributed by atoms with van der Waals surface area (Å²) in [5.74, 6) is -0.316. The van der Waals surface area contributed by atoms with Crippen molar-refractivity contribution in [2.45, 2.75) is 19.0 Å². The van der Waals surface area contributed by atoms with Crippen molar-refractivity contribution in [3.8, 4) is 0 Å². The van der Waals surface area contributed by atoms with Crippen molar-refractivity contribution < 1.29 is 4.39 Å². The van der Waals surface area contributed by atoms with Crippen LogP contribution >= 0.6 is 11.6 Å². The summed E-state index contributed by atoms with van der Waals surface area (Å²) in [5, 5.41) is 0.204. The first-order valence-electron chi connectivity index (χ1n) is 7.71. The fourth-order valence-electron chi connectivity index (χ4n) is 3.34. The second-order valence-corrected chi connectivity index (χ2v) is 6.67. The van der Waals surface area contributed by atoms with Gasteiger partial charge in [-0.3, -0.25) is 9.80 Å². The van der Waals surface area contributed by atoms with Crippen LogP contribution in [-0.2, 0) is 6.54 Å². The van der Waals surface area contributed by atoms with Crippen LogP contribution in [0.25, 0.3) is 0 Å². The van der Waals surface area contributed by atoms with Gasteiger partial charge in [-0.2, -0.15) is 0 Å². The van der Waals surface area contributed by atoms with Gasteiger partial charge in [0.05, 0.1) is 5.02 Å². The van der Waals surface area contributed by atoms with Crippen molar-refractivity contribution >= 4 is 11.6 Å². The zero-order chi connectivity index (χ0) is 14.8. The fourth-order valence-corrected chi connectivity index (χ4v) is 3.45. The predicted molar refractivity (Wildman–Crippen MR) is 84.2 cm³/mol. The SMILES string of the molecule is CN1CCN([C@H]2CCN(Cc3ccc(Cl)c(F)c3)C2)CC1. The summed E-state index contributed by atoms with van der Waals surface area (Å²) in [4.78, 5) is 7.42. The van der Waals surface area contributed by atoms with Crippen LogP contribution in [0.1, 0.15) is 12.0 Å². The smallest absolute Gasteiger partial charge is 0.142 e. The average Bonchev–Trinajstić information content (AvgIpc) is 2.92. The molecule has 5 heteroatoms. The summed E-state index contributed by atoms with van der Waals surface area (Å²) in [7, 11) is 2.19. The number of benzene rings is 1. The highest BCUT2D eigenvalue weighted by atomic mass is 35.5. The summed E-state index contributed by atoms with van der Waals surface area (Å²) in [6, 6.07) is 5.80. The Hall–Kier alpha value is -0.680. The van der Waals surface area contributed by atoms with E-state index >= 15 is 0 Å². The van der Waals surface area contributed by atoms with Crippen molar-refractivity contribution in [2.24, 2.45) is 0 Å². The van der Waals surface area contributed by atoms with E-state index in [-0.39, 0.29) is 10.8 Å². The first-order valence-corrected chi connectivity index (χ1v) is 8.08. The van der Waals surface area contributed by atoms with E-state index in [2.05, 4.69) is 21.7 Å². The summed E-state index contributed by atoms with van der Waals surface area (Å²) in [6.45, 7) is 7.68. The molecular weight excluding hydrogens is 289 g/mol. The number of piperazine rings is 1. The Kier molecular flexibility index (Phi) is 4.79. The maximum Gasteiger partial charge on any atom is 0.142 e. The minimum Gasteiger partial charge on any atom is -0.304 e. The molecule has 0 bridgehead atoms. The normalized spacial score (nSPS) is 25.6. The zero-order valence-corrected chi connectivity index (χ0v) is 13.3. The van der Waals surface area contributed by atoms with Gasteiger partial charge in [-0.15, -0.1) is 0 Å². The van der Waals surface area contributed by atoms with E-state index in [9.17, 15) is 4.39 Å². The van der Waals surface area contributed by atoms with Crippen LogP contribution < -0.4 is 0 Å². The van der Waals surface area contributed by atoms with Crippen LogP contribution in [-0.4, -0.2) is 67.1 Å². The highest BCUT2D eigenvalue weighted by Gasteiger charge is 2.29. The predicted octanol–water partition coefficient (Wildman–Crippen LogP) is 2.30. The zero-order valence-electron chi connectivity index (χ0n) is 12.6. The van der Waals surface area contributed by atoms with Gasteiger partial charge in [0.1, 0.15) is 5.82 Å². The maximum atomic E-state index is 13.5. The lowest BCUT2D eigenvalue weighted by atomic mass is 10.2. The molecule has 0 amide bonds. The Labute approximate surface area is 131 Å². The number of halogens is 2. The molecule has 3 rings (SSSR count). The molecule has 0 spiro atoms. The summed E-state index contributed by atoms with van der Waals surface area (Å²) in [6.07, 6.45) is 1.22. The molecule has 2 aliphatic rings. The number of likely N-dealkylation sites (N-methyl/N-ethyl adjacent to an activating group) is 1. The standard InChI is InChI=1S/C16H23ClFN3/c1-19-6-8-21(9-7-19)14-4-5-20(12-14)11-13-2-3-15(17)16(18)10-13/h2-3,10,14H,4-9,11-12H2,1H3/t14-/m0/s1. The molecule has 116 valence electrons. The number of hydrogen-bond acceptors (Lipinski definition) is 3. The van der Waals surface area contributed by atoms with Gasteiger partial charge in [0, 0.05) is 51.9 Å². The molecule has 1 aromatic rings. The van der Waals surface area contributed by atoms with Crippen molar-refractivity contribution in [3.05, 3.63) is 34.6 Å². The maximum absolute atomic E-state index is 13.5. The second-order valence-electron chi connectivity index (χ2n) is 6.27. The van der Waals surface area contributed by atoms with Gasteiger partial charge in [-0.1, -0.05) is 17.7 Å². The van der Waals surface area contributed by atoms with Crippen molar-refractivity contribution in [1.29, 1.82) is 0 Å². The third-order valence-electron chi connectivity index (χ3n) is 4.69. The summed E-state index contributed by atoms with van der Waals surface area (Å²) >= 11 is 5.73. The third-order valence-corrected chi connectivity index (χ3v) is 5.00. The van der Waals surface area contributed by atoms with Crippen molar-refractivity contribution in [3.63, 3.8) is 0 Å². The monoisotopic (exact) mass is 311 g/mol. The Morgan fingerprint density at radius 1 is 1.19 bits per heavy atom. The van der Waals surface area contributed by atoms with E-state index in [0.717, 1.165) is 25.2 Å². The number of likely N-dealkylation sites (tertiary alicyclic amines) is 1. The molecule has 2 aliphatic heterocycles. The molecule has 0 unspecified atom stereocenters. The average molecular weight is 312 g/mol. The van der Waals surface area contributed by atoms with Crippen LogP contribution in [0.3, 0.4) is 0 Å². The van der Waals surface area contributed by atoms with Crippen LogP contribution in [0.4, 0.5) is 4.39 Å². The molecule has 21 heavy (non-hydrogen) atoms. The first kappa shape index (κ1) is 15.2. The minimum absolute atomic E-state index is 0.204. The lowest BCUT2D eigenvalue weighted by Gasteiger charge is -2.36. The molecule has 3 nitrogen and oxygen atoms in total. The molecule has 1 atom stereocenters. The van der Waals surface area contributed by atoms with E-state index in [1.165, 1.54) is 32.6 Å². The third kappa shape index (κ3) is 3.75. The highest BCUT2D eigenvalue weighted by molar-refractivity contribution is 6.30. The Bertz CT molecular complexity index is 488. The van der Waals surface area contributed by atoms with Gasteiger partial charge in [0.25, 0.3) is 0 Å². The van der Waals surface area contributed by atoms with Crippen LogP contribution in [0.5, 0.6) is 0 Å². The molecule has 0 aromatic heterocycles. The summed E-state index contributed by atoms with van der Waals surface area (Å²) < 4.78 is 13.5. The van der Waals surface area contributed by atoms with Crippen LogP contribution in [0, 0.1) is 5.82 Å². The minimum atomic E-state index is -0.316. The highest BCUT2D eigenvalue weighted by Crippen LogP contribution is 2.21. The van der Waals surface area contributed by atoms with E-state index < -0.39 is 0 Å². The lowest BCUT2D eigenvalue weighted by molar-refractivity contribution is 0.112. The van der Waals surface area contributed by atoms with Crippen molar-refractivity contribution in [1.82, 2.24) is 14.7 Å². The molecule has 2 fully saturated rings. The fraction of sp³-hybridized carbons (Fsp3) is 0.625. The van der Waals surface area contributed by atoms with E-state index in [4.69, 9.17) is 11.6 Å². The van der Waals surface area contributed by atoms with Crippen molar-refractivity contribution in [2.75, 3.05) is 46.3 Å². The topological polar surface area (TPSA) is 9.72 Å². The molecule has 0 N–H and O–H groups in total. The first-order chi connectivity index (χ1) is 10.1. The molecule has 0 aliphatic carbocycles. The molecule has 2 saturated heterocycles. The van der Waals surface area contributed by atoms with Crippen LogP contribution in [0.15, 0.2) is 18.2 Å². The van der Waals surface area contributed by atoms with Gasteiger partial charge in [0.2, 0.25) is 0 Å². The number of rotatable bonds is 3. The van der Waals surface area contributed by atoms with Gasteiger partial charge in [-0.05, 0) is 31.2 Å². The van der Waals surface area contributed by atoms with Crippen LogP contribution in [0.2, 0.25) is 5.02 Å². The Balaban J connectivity index is 1.53. The molecule has 2 heterocycles. The lowest BCUT2D eigenvalue weighted by Crippen LogP contribution is -2.49. The Morgan fingerprint density at radius 2 is 1.95 bits per heavy atom. The molecule has 0 saturated carbocycles. The summed E-state index contributed by atoms with van der Waals surface area (Å²) in [5.41, 5.74) is 1.01. The molecule has 0 radical (unpaired) electrons. The van der Waals surface area contributed by atoms with E-state index in [1.807, 2.05) is 6.07 Å².